The number of nitrogens with zero attached hydrogens (tertiary/aromatic N) is 4. The van der Waals surface area contributed by atoms with Gasteiger partial charge in [0.15, 0.2) is 0 Å². The fraction of sp³-hybridized carbons (Fsp3) is 0.100. The first kappa shape index (κ1) is 44.8. The maximum absolute atomic E-state index is 14.1. The van der Waals surface area contributed by atoms with Crippen LogP contribution in [0.2, 0.25) is 0 Å². The molecular formula is C60H50N4O6. The predicted octanol–water partition coefficient (Wildman–Crippen LogP) is 13.1. The minimum Gasteiger partial charge on any atom is -0.497 e. The standard InChI is InChI=1S/C60H50N4O6/c1-61-57(43-11-7-39(8-12-43)41-15-19-45(20-16-41)63(47-23-31-51(67-3)32-24-47)48-25-33-52(68-4)34-26-48)55-56(59(61)65)58(62(2)60(55)66)44-13-9-40(10-14-44)42-17-21-46(22-18-42)64(49-27-35-53(69-5)36-28-49)50-29-37-54(70-6)38-30-50/h7-38H,1-6H3. The van der Waals surface area contributed by atoms with Gasteiger partial charge in [-0.3, -0.25) is 9.59 Å². The molecule has 2 aliphatic rings. The van der Waals surface area contributed by atoms with Gasteiger partial charge < -0.3 is 38.5 Å². The van der Waals surface area contributed by atoms with Crippen LogP contribution in [0.4, 0.5) is 34.1 Å². The molecule has 0 aromatic heterocycles. The zero-order valence-electron chi connectivity index (χ0n) is 39.7. The van der Waals surface area contributed by atoms with Crippen LogP contribution in [-0.2, 0) is 9.59 Å². The Morgan fingerprint density at radius 2 is 0.471 bits per heavy atom. The van der Waals surface area contributed by atoms with Crippen molar-refractivity contribution in [3.8, 4) is 45.3 Å². The molecule has 0 unspecified atom stereocenters. The lowest BCUT2D eigenvalue weighted by Crippen LogP contribution is -2.25. The topological polar surface area (TPSA) is 84.0 Å². The number of carbonyl (C=O) groups excluding carboxylic acids is 2. The van der Waals surface area contributed by atoms with E-state index in [1.54, 1.807) is 52.3 Å². The van der Waals surface area contributed by atoms with E-state index in [1.165, 1.54) is 0 Å². The van der Waals surface area contributed by atoms with Gasteiger partial charge in [0.2, 0.25) is 0 Å². The molecule has 0 saturated carbocycles. The molecule has 0 radical (unpaired) electrons. The monoisotopic (exact) mass is 922 g/mol. The van der Waals surface area contributed by atoms with E-state index in [4.69, 9.17) is 18.9 Å². The number of hydrogen-bond donors (Lipinski definition) is 0. The number of rotatable bonds is 14. The van der Waals surface area contributed by atoms with E-state index < -0.39 is 0 Å². The number of benzene rings is 8. The van der Waals surface area contributed by atoms with Crippen LogP contribution >= 0.6 is 0 Å². The molecule has 2 aliphatic heterocycles. The summed E-state index contributed by atoms with van der Waals surface area (Å²) in [5, 5.41) is 0. The maximum Gasteiger partial charge on any atom is 0.261 e. The van der Waals surface area contributed by atoms with Gasteiger partial charge in [-0.2, -0.15) is 0 Å². The quantitative estimate of drug-likeness (QED) is 0.107. The van der Waals surface area contributed by atoms with Crippen molar-refractivity contribution in [2.24, 2.45) is 0 Å². The molecule has 0 aliphatic carbocycles. The number of carbonyl (C=O) groups is 2. The molecule has 2 heterocycles. The van der Waals surface area contributed by atoms with Crippen molar-refractivity contribution in [2.45, 2.75) is 0 Å². The summed E-state index contributed by atoms with van der Waals surface area (Å²) in [6, 6.07) is 64.8. The third-order valence-corrected chi connectivity index (χ3v) is 13.0. The lowest BCUT2D eigenvalue weighted by atomic mass is 9.98. The zero-order chi connectivity index (χ0) is 48.5. The van der Waals surface area contributed by atoms with Gasteiger partial charge in [-0.1, -0.05) is 72.8 Å². The molecule has 0 N–H and O–H groups in total. The van der Waals surface area contributed by atoms with Gasteiger partial charge in [0.1, 0.15) is 23.0 Å². The Kier molecular flexibility index (Phi) is 12.1. The summed E-state index contributed by atoms with van der Waals surface area (Å²) in [4.78, 5) is 35.9. The Labute approximate surface area is 408 Å². The van der Waals surface area contributed by atoms with Crippen LogP contribution in [0.1, 0.15) is 11.1 Å². The SMILES string of the molecule is COc1ccc(N(c2ccc(OC)cc2)c2ccc(-c3ccc(C4=C5C(=O)N(C)C(c6ccc(-c7ccc(N(c8ccc(OC)cc8)c8ccc(OC)cc8)cc7)cc6)=C5C(=O)N4C)cc3)cc2)cc1. The summed E-state index contributed by atoms with van der Waals surface area (Å²) in [7, 11) is 10.1. The van der Waals surface area contributed by atoms with Gasteiger partial charge in [0.05, 0.1) is 51.0 Å². The molecule has 346 valence electrons. The summed E-state index contributed by atoms with van der Waals surface area (Å²) in [6.07, 6.45) is 0. The van der Waals surface area contributed by atoms with Crippen molar-refractivity contribution in [3.05, 3.63) is 216 Å². The molecular weight excluding hydrogens is 873 g/mol. The molecule has 70 heavy (non-hydrogen) atoms. The highest BCUT2D eigenvalue weighted by Gasteiger charge is 2.46. The highest BCUT2D eigenvalue weighted by atomic mass is 16.5. The number of fused-ring (bicyclic) bond motifs is 1. The molecule has 8 aromatic rings. The highest BCUT2D eigenvalue weighted by Crippen LogP contribution is 2.46. The van der Waals surface area contributed by atoms with Crippen molar-refractivity contribution in [1.29, 1.82) is 0 Å². The first-order chi connectivity index (χ1) is 34.2. The predicted molar refractivity (Wildman–Crippen MR) is 279 cm³/mol. The third-order valence-electron chi connectivity index (χ3n) is 13.0. The van der Waals surface area contributed by atoms with Gasteiger partial charge in [-0.15, -0.1) is 0 Å². The lowest BCUT2D eigenvalue weighted by molar-refractivity contribution is -0.123. The van der Waals surface area contributed by atoms with Crippen molar-refractivity contribution >= 4 is 57.3 Å². The first-order valence-corrected chi connectivity index (χ1v) is 22.8. The molecule has 0 fully saturated rings. The van der Waals surface area contributed by atoms with Crippen LogP contribution in [0.25, 0.3) is 33.6 Å². The van der Waals surface area contributed by atoms with Crippen molar-refractivity contribution in [2.75, 3.05) is 52.3 Å². The van der Waals surface area contributed by atoms with E-state index in [1.807, 2.05) is 146 Å². The number of ether oxygens (including phenoxy) is 4. The Bertz CT molecular complexity index is 2940. The Morgan fingerprint density at radius 3 is 0.686 bits per heavy atom. The maximum atomic E-state index is 14.1. The van der Waals surface area contributed by atoms with Crippen molar-refractivity contribution < 1.29 is 28.5 Å². The first-order valence-electron chi connectivity index (χ1n) is 22.8. The lowest BCUT2D eigenvalue weighted by Gasteiger charge is -2.26. The molecule has 8 aromatic carbocycles. The molecule has 10 nitrogen and oxygen atoms in total. The summed E-state index contributed by atoms with van der Waals surface area (Å²) >= 11 is 0. The smallest absolute Gasteiger partial charge is 0.261 e. The van der Waals surface area contributed by atoms with E-state index in [2.05, 4.69) is 58.3 Å². The van der Waals surface area contributed by atoms with E-state index in [0.29, 0.717) is 22.5 Å². The average Bonchev–Trinajstić information content (AvgIpc) is 3.83. The molecule has 0 atom stereocenters. The number of hydrogen-bond acceptors (Lipinski definition) is 8. The van der Waals surface area contributed by atoms with E-state index in [9.17, 15) is 9.59 Å². The van der Waals surface area contributed by atoms with Crippen molar-refractivity contribution in [3.63, 3.8) is 0 Å². The van der Waals surface area contributed by atoms with E-state index in [0.717, 1.165) is 90.5 Å². The Hall–Kier alpha value is -9.02. The molecule has 0 saturated heterocycles. The minimum atomic E-state index is -0.214. The van der Waals surface area contributed by atoms with E-state index >= 15 is 0 Å². The molecule has 2 amide bonds. The van der Waals surface area contributed by atoms with Crippen LogP contribution in [0.3, 0.4) is 0 Å². The van der Waals surface area contributed by atoms with Crippen LogP contribution in [0.15, 0.2) is 205 Å². The van der Waals surface area contributed by atoms with Gasteiger partial charge in [0, 0.05) is 48.2 Å². The summed E-state index contributed by atoms with van der Waals surface area (Å²) in [6.45, 7) is 0. The minimum absolute atomic E-state index is 0.214. The number of likely N-dealkylation sites (N-methyl/N-ethyl adjacent to an activating group) is 2. The second-order valence-corrected chi connectivity index (χ2v) is 16.9. The molecule has 10 heteroatoms. The number of anilines is 6. The summed E-state index contributed by atoms with van der Waals surface area (Å²) in [5.41, 5.74) is 13.5. The second kappa shape index (κ2) is 18.9. The van der Waals surface area contributed by atoms with Gasteiger partial charge in [-0.25, -0.2) is 0 Å². The fourth-order valence-corrected chi connectivity index (χ4v) is 9.27. The van der Waals surface area contributed by atoms with Gasteiger partial charge in [-0.05, 0) is 155 Å². The van der Waals surface area contributed by atoms with Crippen LogP contribution < -0.4 is 28.7 Å². The van der Waals surface area contributed by atoms with Gasteiger partial charge in [0.25, 0.3) is 11.8 Å². The largest absolute Gasteiger partial charge is 0.497 e. The van der Waals surface area contributed by atoms with Crippen LogP contribution in [-0.4, -0.2) is 64.1 Å². The Morgan fingerprint density at radius 1 is 0.286 bits per heavy atom. The summed E-state index contributed by atoms with van der Waals surface area (Å²) in [5.74, 6) is 2.70. The number of methoxy groups -OCH3 is 4. The number of amides is 2. The molecule has 10 rings (SSSR count). The highest BCUT2D eigenvalue weighted by molar-refractivity contribution is 6.30. The Balaban J connectivity index is 0.905. The fourth-order valence-electron chi connectivity index (χ4n) is 9.27. The van der Waals surface area contributed by atoms with Crippen LogP contribution in [0, 0.1) is 0 Å². The molecule has 0 bridgehead atoms. The van der Waals surface area contributed by atoms with Gasteiger partial charge >= 0.3 is 0 Å². The second-order valence-electron chi connectivity index (χ2n) is 16.9. The van der Waals surface area contributed by atoms with Crippen molar-refractivity contribution in [1.82, 2.24) is 9.80 Å². The van der Waals surface area contributed by atoms with Crippen LogP contribution in [0.5, 0.6) is 23.0 Å². The molecule has 0 spiro atoms. The summed E-state index contributed by atoms with van der Waals surface area (Å²) < 4.78 is 21.7. The van der Waals surface area contributed by atoms with E-state index in [-0.39, 0.29) is 11.8 Å². The average molecular weight is 923 g/mol. The zero-order valence-corrected chi connectivity index (χ0v) is 39.7. The third kappa shape index (κ3) is 8.25. The normalized spacial score (nSPS) is 13.2.